The number of hydrazone groups is 1. The van der Waals surface area contributed by atoms with Gasteiger partial charge in [0, 0.05) is 16.2 Å². The minimum absolute atomic E-state index is 0.336. The monoisotopic (exact) mass is 412 g/mol. The molecule has 0 bridgehead atoms. The highest BCUT2D eigenvalue weighted by Crippen LogP contribution is 2.18. The Bertz CT molecular complexity index is 909. The quantitative estimate of drug-likeness (QED) is 0.497. The van der Waals surface area contributed by atoms with Gasteiger partial charge in [0.15, 0.2) is 6.10 Å². The normalized spacial score (nSPS) is 12.1. The molecule has 3 aromatic rings. The first-order valence-electron chi connectivity index (χ1n) is 7.97. The summed E-state index contributed by atoms with van der Waals surface area (Å²) in [6.45, 7) is 1.67. The summed E-state index contributed by atoms with van der Waals surface area (Å²) in [6, 6.07) is 17.1. The molecular weight excluding hydrogens is 396 g/mol. The van der Waals surface area contributed by atoms with Crippen LogP contribution >= 0.6 is 15.9 Å². The zero-order valence-electron chi connectivity index (χ0n) is 14.0. The number of para-hydroxylation sites is 1. The van der Waals surface area contributed by atoms with E-state index >= 15 is 0 Å². The number of hydrogen-bond donors (Lipinski definition) is 1. The highest BCUT2D eigenvalue weighted by Gasteiger charge is 2.13. The van der Waals surface area contributed by atoms with Crippen LogP contribution in [0.2, 0.25) is 0 Å². The van der Waals surface area contributed by atoms with Crippen molar-refractivity contribution < 1.29 is 9.53 Å². The van der Waals surface area contributed by atoms with Crippen LogP contribution in [0.25, 0.3) is 5.69 Å². The van der Waals surface area contributed by atoms with E-state index in [-0.39, 0.29) is 5.91 Å². The number of ether oxygens (including phenoxy) is 1. The number of nitrogens with one attached hydrogen (secondary N) is 1. The van der Waals surface area contributed by atoms with Crippen molar-refractivity contribution >= 4 is 28.1 Å². The summed E-state index contributed by atoms with van der Waals surface area (Å²) in [4.78, 5) is 12.1. The second-order valence-electron chi connectivity index (χ2n) is 5.51. The van der Waals surface area contributed by atoms with Gasteiger partial charge in [0.25, 0.3) is 5.91 Å². The number of halogens is 1. The number of nitrogens with zero attached hydrogens (tertiary/aromatic N) is 3. The molecule has 0 aliphatic rings. The number of aromatic nitrogens is 2. The van der Waals surface area contributed by atoms with Crippen LogP contribution in [-0.2, 0) is 4.79 Å². The van der Waals surface area contributed by atoms with Crippen LogP contribution in [0, 0.1) is 0 Å². The lowest BCUT2D eigenvalue weighted by molar-refractivity contribution is -0.127. The van der Waals surface area contributed by atoms with Crippen molar-refractivity contribution in [1.29, 1.82) is 0 Å². The molecule has 132 valence electrons. The number of amides is 1. The molecule has 1 aromatic heterocycles. The van der Waals surface area contributed by atoms with E-state index in [4.69, 9.17) is 4.74 Å². The Morgan fingerprint density at radius 1 is 1.27 bits per heavy atom. The lowest BCUT2D eigenvalue weighted by atomic mass is 10.3. The van der Waals surface area contributed by atoms with Gasteiger partial charge in [-0.2, -0.15) is 10.2 Å². The van der Waals surface area contributed by atoms with E-state index in [1.165, 1.54) is 6.21 Å². The Morgan fingerprint density at radius 3 is 2.85 bits per heavy atom. The van der Waals surface area contributed by atoms with Crippen LogP contribution < -0.4 is 10.2 Å². The Balaban J connectivity index is 1.55. The van der Waals surface area contributed by atoms with E-state index in [0.717, 1.165) is 15.7 Å². The number of carbonyl (C=O) groups is 1. The van der Waals surface area contributed by atoms with E-state index in [1.807, 2.05) is 48.7 Å². The summed E-state index contributed by atoms with van der Waals surface area (Å²) in [5.74, 6) is 0.270. The second kappa shape index (κ2) is 8.44. The molecule has 0 radical (unpaired) electrons. The van der Waals surface area contributed by atoms with E-state index in [2.05, 4.69) is 31.6 Å². The standard InChI is InChI=1S/C19H17BrN4O2/c1-14(26-18-9-5-6-16(20)10-18)19(25)23-21-11-15-12-22-24(13-15)17-7-3-2-4-8-17/h2-14H,1H3,(H,23,25)/b21-11-/t14-/m0/s1. The molecular formula is C19H17BrN4O2. The zero-order valence-corrected chi connectivity index (χ0v) is 15.6. The van der Waals surface area contributed by atoms with Crippen molar-refractivity contribution in [3.63, 3.8) is 0 Å². The van der Waals surface area contributed by atoms with Crippen molar-refractivity contribution in [2.45, 2.75) is 13.0 Å². The van der Waals surface area contributed by atoms with Gasteiger partial charge >= 0.3 is 0 Å². The van der Waals surface area contributed by atoms with Crippen molar-refractivity contribution in [1.82, 2.24) is 15.2 Å². The summed E-state index contributed by atoms with van der Waals surface area (Å²) in [7, 11) is 0. The smallest absolute Gasteiger partial charge is 0.280 e. The van der Waals surface area contributed by atoms with Crippen LogP contribution in [0.3, 0.4) is 0 Å². The fraction of sp³-hybridized carbons (Fsp3) is 0.105. The zero-order chi connectivity index (χ0) is 18.4. The minimum atomic E-state index is -0.673. The van der Waals surface area contributed by atoms with Gasteiger partial charge in [0.2, 0.25) is 0 Å². The highest BCUT2D eigenvalue weighted by atomic mass is 79.9. The van der Waals surface area contributed by atoms with E-state index < -0.39 is 6.10 Å². The SMILES string of the molecule is C[C@H](Oc1cccc(Br)c1)C(=O)N/N=C\c1cnn(-c2ccccc2)c1. The maximum absolute atomic E-state index is 12.1. The summed E-state index contributed by atoms with van der Waals surface area (Å²) in [5.41, 5.74) is 4.20. The molecule has 0 saturated carbocycles. The molecule has 0 spiro atoms. The molecule has 0 saturated heterocycles. The number of hydrogen-bond acceptors (Lipinski definition) is 4. The van der Waals surface area contributed by atoms with Crippen molar-refractivity contribution in [3.8, 4) is 11.4 Å². The molecule has 2 aromatic carbocycles. The van der Waals surface area contributed by atoms with Gasteiger partial charge in [-0.15, -0.1) is 0 Å². The average Bonchev–Trinajstić information content (AvgIpc) is 3.11. The third-order valence-electron chi connectivity index (χ3n) is 3.49. The fourth-order valence-electron chi connectivity index (χ4n) is 2.18. The van der Waals surface area contributed by atoms with Crippen LogP contribution in [0.15, 0.2) is 76.6 Å². The Morgan fingerprint density at radius 2 is 2.08 bits per heavy atom. The predicted molar refractivity (Wildman–Crippen MR) is 104 cm³/mol. The highest BCUT2D eigenvalue weighted by molar-refractivity contribution is 9.10. The molecule has 0 fully saturated rings. The first-order valence-corrected chi connectivity index (χ1v) is 8.76. The molecule has 26 heavy (non-hydrogen) atoms. The predicted octanol–water partition coefficient (Wildman–Crippen LogP) is 3.55. The molecule has 3 rings (SSSR count). The van der Waals surface area contributed by atoms with Gasteiger partial charge in [0.1, 0.15) is 5.75 Å². The molecule has 1 amide bonds. The topological polar surface area (TPSA) is 68.5 Å². The first kappa shape index (κ1) is 17.9. The third-order valence-corrected chi connectivity index (χ3v) is 3.98. The Hall–Kier alpha value is -2.93. The Kier molecular flexibility index (Phi) is 5.80. The Labute approximate surface area is 159 Å². The van der Waals surface area contributed by atoms with Gasteiger partial charge in [-0.25, -0.2) is 10.1 Å². The maximum Gasteiger partial charge on any atom is 0.280 e. The lowest BCUT2D eigenvalue weighted by Gasteiger charge is -2.12. The molecule has 0 aliphatic heterocycles. The molecule has 0 aliphatic carbocycles. The molecule has 1 atom stereocenters. The molecule has 0 unspecified atom stereocenters. The van der Waals surface area contributed by atoms with Crippen LogP contribution in [0.4, 0.5) is 0 Å². The summed E-state index contributed by atoms with van der Waals surface area (Å²) >= 11 is 3.36. The summed E-state index contributed by atoms with van der Waals surface area (Å²) in [6.07, 6.45) is 4.36. The van der Waals surface area contributed by atoms with Crippen molar-refractivity contribution in [3.05, 3.63) is 77.0 Å². The van der Waals surface area contributed by atoms with Crippen LogP contribution in [0.5, 0.6) is 5.75 Å². The van der Waals surface area contributed by atoms with Crippen molar-refractivity contribution in [2.24, 2.45) is 5.10 Å². The van der Waals surface area contributed by atoms with Gasteiger partial charge in [0.05, 0.1) is 18.1 Å². The van der Waals surface area contributed by atoms with Gasteiger partial charge in [-0.05, 0) is 37.3 Å². The third kappa shape index (κ3) is 4.80. The fourth-order valence-corrected chi connectivity index (χ4v) is 2.56. The molecule has 6 nitrogen and oxygen atoms in total. The van der Waals surface area contributed by atoms with E-state index in [1.54, 1.807) is 29.9 Å². The largest absolute Gasteiger partial charge is 0.481 e. The van der Waals surface area contributed by atoms with Crippen LogP contribution in [-0.4, -0.2) is 28.0 Å². The average molecular weight is 413 g/mol. The second-order valence-corrected chi connectivity index (χ2v) is 6.42. The number of rotatable bonds is 6. The van der Waals surface area contributed by atoms with Gasteiger partial charge < -0.3 is 4.74 Å². The first-order chi connectivity index (χ1) is 12.6. The summed E-state index contributed by atoms with van der Waals surface area (Å²) < 4.78 is 8.21. The van der Waals surface area contributed by atoms with Crippen LogP contribution in [0.1, 0.15) is 12.5 Å². The molecule has 1 heterocycles. The number of carbonyl (C=O) groups excluding carboxylic acids is 1. The number of benzene rings is 2. The van der Waals surface area contributed by atoms with E-state index in [9.17, 15) is 4.79 Å². The van der Waals surface area contributed by atoms with E-state index in [0.29, 0.717) is 5.75 Å². The maximum atomic E-state index is 12.1. The minimum Gasteiger partial charge on any atom is -0.481 e. The molecule has 7 heteroatoms. The molecule has 1 N–H and O–H groups in total. The van der Waals surface area contributed by atoms with Gasteiger partial charge in [-0.3, -0.25) is 4.79 Å². The summed E-state index contributed by atoms with van der Waals surface area (Å²) in [5, 5.41) is 8.23. The van der Waals surface area contributed by atoms with Gasteiger partial charge in [-0.1, -0.05) is 40.2 Å². The lowest BCUT2D eigenvalue weighted by Crippen LogP contribution is -2.33. The van der Waals surface area contributed by atoms with Crippen molar-refractivity contribution in [2.75, 3.05) is 0 Å².